The van der Waals surface area contributed by atoms with Gasteiger partial charge in [-0.05, 0) is 56.4 Å². The molecule has 0 aliphatic carbocycles. The van der Waals surface area contributed by atoms with Gasteiger partial charge in [-0.2, -0.15) is 0 Å². The third-order valence-corrected chi connectivity index (χ3v) is 5.94. The van der Waals surface area contributed by atoms with Crippen LogP contribution < -0.4 is 4.72 Å². The van der Waals surface area contributed by atoms with E-state index in [4.69, 9.17) is 0 Å². The van der Waals surface area contributed by atoms with Crippen molar-refractivity contribution in [3.05, 3.63) is 64.2 Å². The highest BCUT2D eigenvalue weighted by molar-refractivity contribution is 7.89. The number of benzene rings is 2. The molecule has 0 unspecified atom stereocenters. The van der Waals surface area contributed by atoms with Crippen LogP contribution in [0.5, 0.6) is 0 Å². The lowest BCUT2D eigenvalue weighted by Gasteiger charge is -2.18. The average Bonchev–Trinajstić information content (AvgIpc) is 2.45. The molecule has 2 aromatic carbocycles. The summed E-state index contributed by atoms with van der Waals surface area (Å²) in [7, 11) is -3.55. The Kier molecular flexibility index (Phi) is 5.27. The van der Waals surface area contributed by atoms with Crippen LogP contribution in [0, 0.1) is 20.8 Å². The van der Waals surface area contributed by atoms with Crippen molar-refractivity contribution in [2.75, 3.05) is 0 Å². The Hall–Kier alpha value is -1.65. The molecule has 0 amide bonds. The first-order valence-electron chi connectivity index (χ1n) is 7.93. The summed E-state index contributed by atoms with van der Waals surface area (Å²) in [5.41, 5.74) is 4.84. The normalized spacial score (nSPS) is 13.1. The zero-order chi connectivity index (χ0) is 17.2. The lowest BCUT2D eigenvalue weighted by Crippen LogP contribution is -2.28. The van der Waals surface area contributed by atoms with Gasteiger partial charge in [0, 0.05) is 6.04 Å². The molecular formula is C19H25NO2S. The minimum absolute atomic E-state index is 0.272. The summed E-state index contributed by atoms with van der Waals surface area (Å²) in [5, 5.41) is 0. The lowest BCUT2D eigenvalue weighted by atomic mass is 10.1. The molecule has 0 spiro atoms. The number of hydrogen-bond donors (Lipinski definition) is 1. The standard InChI is InChI=1S/C19H25NO2S/c1-6-17-7-9-18(10-8-17)16(5)20-23(21,22)19-14(3)11-13(2)12-15(19)4/h7-12,16,20H,6H2,1-5H3/t16-/m1/s1. The largest absolute Gasteiger partial charge is 0.241 e. The molecule has 2 aromatic rings. The average molecular weight is 331 g/mol. The van der Waals surface area contributed by atoms with Crippen LogP contribution in [0.2, 0.25) is 0 Å². The van der Waals surface area contributed by atoms with Crippen molar-refractivity contribution in [1.29, 1.82) is 0 Å². The molecule has 0 saturated carbocycles. The van der Waals surface area contributed by atoms with E-state index in [9.17, 15) is 8.42 Å². The molecule has 0 saturated heterocycles. The highest BCUT2D eigenvalue weighted by Crippen LogP contribution is 2.24. The molecule has 0 radical (unpaired) electrons. The molecule has 0 aliphatic heterocycles. The van der Waals surface area contributed by atoms with E-state index in [0.717, 1.165) is 28.7 Å². The molecule has 0 aliphatic rings. The quantitative estimate of drug-likeness (QED) is 0.892. The maximum atomic E-state index is 12.8. The van der Waals surface area contributed by atoms with Crippen LogP contribution in [-0.2, 0) is 16.4 Å². The van der Waals surface area contributed by atoms with E-state index in [0.29, 0.717) is 4.90 Å². The van der Waals surface area contributed by atoms with Crippen LogP contribution in [0.15, 0.2) is 41.3 Å². The molecule has 23 heavy (non-hydrogen) atoms. The molecule has 1 atom stereocenters. The SMILES string of the molecule is CCc1ccc([C@@H](C)NS(=O)(=O)c2c(C)cc(C)cc2C)cc1. The van der Waals surface area contributed by atoms with E-state index in [1.54, 1.807) is 0 Å². The Labute approximate surface area is 139 Å². The second-order valence-electron chi connectivity index (χ2n) is 6.17. The van der Waals surface area contributed by atoms with Crippen LogP contribution in [0.1, 0.15) is 47.7 Å². The molecule has 124 valence electrons. The smallest absolute Gasteiger partial charge is 0.207 e. The first kappa shape index (κ1) is 17.7. The van der Waals surface area contributed by atoms with Crippen molar-refractivity contribution in [3.8, 4) is 0 Å². The Morgan fingerprint density at radius 2 is 1.52 bits per heavy atom. The zero-order valence-corrected chi connectivity index (χ0v) is 15.3. The number of hydrogen-bond acceptors (Lipinski definition) is 2. The van der Waals surface area contributed by atoms with Crippen LogP contribution in [0.3, 0.4) is 0 Å². The fourth-order valence-electron chi connectivity index (χ4n) is 2.99. The summed E-state index contributed by atoms with van der Waals surface area (Å²) in [6.45, 7) is 9.63. The molecule has 4 heteroatoms. The Morgan fingerprint density at radius 3 is 2.00 bits per heavy atom. The van der Waals surface area contributed by atoms with Gasteiger partial charge in [0.15, 0.2) is 0 Å². The molecule has 2 rings (SSSR count). The molecule has 0 heterocycles. The number of aryl methyl sites for hydroxylation is 4. The summed E-state index contributed by atoms with van der Waals surface area (Å²) in [4.78, 5) is 0.389. The van der Waals surface area contributed by atoms with E-state index >= 15 is 0 Å². The van der Waals surface area contributed by atoms with Gasteiger partial charge in [0.2, 0.25) is 10.0 Å². The van der Waals surface area contributed by atoms with Gasteiger partial charge in [0.25, 0.3) is 0 Å². The zero-order valence-electron chi connectivity index (χ0n) is 14.5. The van der Waals surface area contributed by atoms with Crippen LogP contribution >= 0.6 is 0 Å². The Balaban J connectivity index is 2.30. The minimum atomic E-state index is -3.55. The number of rotatable bonds is 5. The minimum Gasteiger partial charge on any atom is -0.207 e. The first-order valence-corrected chi connectivity index (χ1v) is 9.42. The predicted molar refractivity (Wildman–Crippen MR) is 95.2 cm³/mol. The van der Waals surface area contributed by atoms with E-state index in [1.807, 2.05) is 64.1 Å². The van der Waals surface area contributed by atoms with Crippen molar-refractivity contribution < 1.29 is 8.42 Å². The van der Waals surface area contributed by atoms with Crippen LogP contribution in [-0.4, -0.2) is 8.42 Å². The van der Waals surface area contributed by atoms with Crippen molar-refractivity contribution in [1.82, 2.24) is 4.72 Å². The number of nitrogens with one attached hydrogen (secondary N) is 1. The van der Waals surface area contributed by atoms with Gasteiger partial charge in [0.1, 0.15) is 0 Å². The third kappa shape index (κ3) is 4.01. The molecule has 3 nitrogen and oxygen atoms in total. The van der Waals surface area contributed by atoms with E-state index in [2.05, 4.69) is 11.6 Å². The van der Waals surface area contributed by atoms with E-state index in [1.165, 1.54) is 5.56 Å². The fraction of sp³-hybridized carbons (Fsp3) is 0.368. The molecular weight excluding hydrogens is 306 g/mol. The van der Waals surface area contributed by atoms with Gasteiger partial charge in [0.05, 0.1) is 4.90 Å². The van der Waals surface area contributed by atoms with Gasteiger partial charge < -0.3 is 0 Å². The summed E-state index contributed by atoms with van der Waals surface area (Å²) >= 11 is 0. The van der Waals surface area contributed by atoms with E-state index < -0.39 is 10.0 Å². The van der Waals surface area contributed by atoms with Crippen molar-refractivity contribution in [3.63, 3.8) is 0 Å². The molecule has 0 bridgehead atoms. The van der Waals surface area contributed by atoms with E-state index in [-0.39, 0.29) is 6.04 Å². The van der Waals surface area contributed by atoms with Gasteiger partial charge in [-0.25, -0.2) is 13.1 Å². The second kappa shape index (κ2) is 6.85. The van der Waals surface area contributed by atoms with Crippen LogP contribution in [0.25, 0.3) is 0 Å². The van der Waals surface area contributed by atoms with Crippen molar-refractivity contribution >= 4 is 10.0 Å². The highest BCUT2D eigenvalue weighted by Gasteiger charge is 2.22. The molecule has 1 N–H and O–H groups in total. The second-order valence-corrected chi connectivity index (χ2v) is 7.82. The maximum Gasteiger partial charge on any atom is 0.241 e. The molecule has 0 aromatic heterocycles. The molecule has 0 fully saturated rings. The Morgan fingerprint density at radius 1 is 1.00 bits per heavy atom. The first-order chi connectivity index (χ1) is 10.7. The van der Waals surface area contributed by atoms with Gasteiger partial charge in [-0.15, -0.1) is 0 Å². The highest BCUT2D eigenvalue weighted by atomic mass is 32.2. The van der Waals surface area contributed by atoms with Gasteiger partial charge >= 0.3 is 0 Å². The predicted octanol–water partition coefficient (Wildman–Crippen LogP) is 4.21. The van der Waals surface area contributed by atoms with Gasteiger partial charge in [-0.1, -0.05) is 48.9 Å². The van der Waals surface area contributed by atoms with Crippen LogP contribution in [0.4, 0.5) is 0 Å². The van der Waals surface area contributed by atoms with Gasteiger partial charge in [-0.3, -0.25) is 0 Å². The number of sulfonamides is 1. The summed E-state index contributed by atoms with van der Waals surface area (Å²) < 4.78 is 28.4. The third-order valence-electron chi connectivity index (χ3n) is 4.09. The summed E-state index contributed by atoms with van der Waals surface area (Å²) in [5.74, 6) is 0. The lowest BCUT2D eigenvalue weighted by molar-refractivity contribution is 0.565. The van der Waals surface area contributed by atoms with Crippen molar-refractivity contribution in [2.45, 2.75) is 52.0 Å². The Bertz CT molecular complexity index is 770. The fourth-order valence-corrected chi connectivity index (χ4v) is 4.68. The maximum absolute atomic E-state index is 12.8. The topological polar surface area (TPSA) is 46.2 Å². The monoisotopic (exact) mass is 331 g/mol. The summed E-state index contributed by atoms with van der Waals surface area (Å²) in [6, 6.07) is 11.6. The van der Waals surface area contributed by atoms with Crippen molar-refractivity contribution in [2.24, 2.45) is 0 Å². The summed E-state index contributed by atoms with van der Waals surface area (Å²) in [6.07, 6.45) is 0.974.